The van der Waals surface area contributed by atoms with E-state index < -0.39 is 18.2 Å². The third-order valence-electron chi connectivity index (χ3n) is 7.36. The van der Waals surface area contributed by atoms with E-state index in [1.54, 1.807) is 36.4 Å². The van der Waals surface area contributed by atoms with Gasteiger partial charge in [-0.1, -0.05) is 64.1 Å². The predicted octanol–water partition coefficient (Wildman–Crippen LogP) is 8.01. The number of carbonyl (C=O) groups excluding carboxylic acids is 3. The zero-order valence-corrected chi connectivity index (χ0v) is 25.9. The number of unbranched alkanes of at least 4 members (excludes halogenated alkanes) is 2. The summed E-state index contributed by atoms with van der Waals surface area (Å²) in [5.74, 6) is 0.191. The molecule has 236 valence electrons. The van der Waals surface area contributed by atoms with Crippen LogP contribution in [0.1, 0.15) is 69.2 Å². The number of ether oxygens (including phenoxy) is 5. The Labute approximate surface area is 264 Å². The van der Waals surface area contributed by atoms with Crippen molar-refractivity contribution in [2.24, 2.45) is 0 Å². The summed E-state index contributed by atoms with van der Waals surface area (Å²) in [6.45, 7) is 11.4. The molecular formula is C37H40O8. The molecule has 1 saturated heterocycles. The maximum atomic E-state index is 12.8. The summed E-state index contributed by atoms with van der Waals surface area (Å²) in [6, 6.07) is 21.4. The molecule has 0 saturated carbocycles. The molecule has 8 heteroatoms. The van der Waals surface area contributed by atoms with Crippen molar-refractivity contribution in [3.63, 3.8) is 0 Å². The maximum Gasteiger partial charge on any atom is 0.343 e. The highest BCUT2D eigenvalue weighted by Crippen LogP contribution is 2.29. The number of hydrogen-bond donors (Lipinski definition) is 0. The number of rotatable bonds is 16. The van der Waals surface area contributed by atoms with Crippen LogP contribution in [0.2, 0.25) is 0 Å². The monoisotopic (exact) mass is 612 g/mol. The number of carbonyl (C=O) groups is 3. The molecule has 1 aliphatic rings. The Balaban J connectivity index is 1.33. The Morgan fingerprint density at radius 3 is 1.96 bits per heavy atom. The minimum Gasteiger partial charge on any atom is -0.487 e. The SMILES string of the molecule is C=CC(=O)OC(CCCC)Oc1ccc(-c2ccc(OC(=O)c3ccc(OC(CCCC)C4CC(=C)C(=O)O4)cc3)cc2)cc1. The minimum absolute atomic E-state index is 0.294. The zero-order chi connectivity index (χ0) is 32.2. The van der Waals surface area contributed by atoms with Gasteiger partial charge in [-0.05, 0) is 78.9 Å². The summed E-state index contributed by atoms with van der Waals surface area (Å²) >= 11 is 0. The third-order valence-corrected chi connectivity index (χ3v) is 7.36. The van der Waals surface area contributed by atoms with E-state index in [1.807, 2.05) is 36.4 Å². The van der Waals surface area contributed by atoms with Crippen LogP contribution in [0.25, 0.3) is 11.1 Å². The van der Waals surface area contributed by atoms with Crippen LogP contribution in [-0.4, -0.2) is 36.4 Å². The second kappa shape index (κ2) is 16.3. The highest BCUT2D eigenvalue weighted by Gasteiger charge is 2.35. The molecule has 3 aromatic carbocycles. The van der Waals surface area contributed by atoms with Gasteiger partial charge in [-0.25, -0.2) is 14.4 Å². The first-order valence-electron chi connectivity index (χ1n) is 15.4. The fourth-order valence-electron chi connectivity index (χ4n) is 4.82. The Kier molecular flexibility index (Phi) is 12.0. The van der Waals surface area contributed by atoms with Crippen molar-refractivity contribution in [3.8, 4) is 28.4 Å². The Hall–Kier alpha value is -4.85. The van der Waals surface area contributed by atoms with E-state index in [1.165, 1.54) is 0 Å². The number of benzene rings is 3. The van der Waals surface area contributed by atoms with Crippen molar-refractivity contribution in [2.45, 2.75) is 77.3 Å². The van der Waals surface area contributed by atoms with Crippen LogP contribution < -0.4 is 14.2 Å². The van der Waals surface area contributed by atoms with Gasteiger partial charge in [-0.15, -0.1) is 0 Å². The van der Waals surface area contributed by atoms with E-state index >= 15 is 0 Å². The molecule has 0 N–H and O–H groups in total. The molecule has 8 nitrogen and oxygen atoms in total. The first-order chi connectivity index (χ1) is 21.8. The number of hydrogen-bond acceptors (Lipinski definition) is 8. The molecule has 0 bridgehead atoms. The van der Waals surface area contributed by atoms with Gasteiger partial charge in [0.2, 0.25) is 6.29 Å². The first-order valence-corrected chi connectivity index (χ1v) is 15.4. The van der Waals surface area contributed by atoms with Gasteiger partial charge in [0.1, 0.15) is 29.5 Å². The summed E-state index contributed by atoms with van der Waals surface area (Å²) in [5.41, 5.74) is 2.71. The van der Waals surface area contributed by atoms with Gasteiger partial charge in [0.25, 0.3) is 0 Å². The zero-order valence-electron chi connectivity index (χ0n) is 25.9. The highest BCUT2D eigenvalue weighted by molar-refractivity contribution is 5.91. The fourth-order valence-corrected chi connectivity index (χ4v) is 4.82. The molecule has 3 atom stereocenters. The van der Waals surface area contributed by atoms with Gasteiger partial charge in [0.15, 0.2) is 0 Å². The lowest BCUT2D eigenvalue weighted by Gasteiger charge is -2.23. The summed E-state index contributed by atoms with van der Waals surface area (Å²) in [5, 5.41) is 0. The van der Waals surface area contributed by atoms with E-state index in [9.17, 15) is 14.4 Å². The van der Waals surface area contributed by atoms with Gasteiger partial charge in [0, 0.05) is 24.5 Å². The molecule has 1 aliphatic heterocycles. The average Bonchev–Trinajstić information content (AvgIpc) is 3.40. The lowest BCUT2D eigenvalue weighted by molar-refractivity contribution is -0.158. The van der Waals surface area contributed by atoms with Crippen molar-refractivity contribution in [3.05, 3.63) is 103 Å². The van der Waals surface area contributed by atoms with E-state index in [-0.39, 0.29) is 18.2 Å². The number of esters is 3. The molecule has 3 aromatic rings. The van der Waals surface area contributed by atoms with Crippen molar-refractivity contribution < 1.29 is 38.1 Å². The number of cyclic esters (lactones) is 1. The standard InChI is InChI=1S/C37H40O8/c1-5-8-10-32(33-24-25(4)36(39)44-33)41-29-22-16-28(17-23-29)37(40)43-31-20-14-27(15-21-31)26-12-18-30(19-13-26)42-35(11-9-6-2)45-34(38)7-3/h7,12-23,32-33,35H,3-6,8-11,24H2,1-2H3. The van der Waals surface area contributed by atoms with Crippen LogP contribution in [0.4, 0.5) is 0 Å². The normalized spacial score (nSPS) is 15.5. The second-order valence-corrected chi connectivity index (χ2v) is 10.8. The largest absolute Gasteiger partial charge is 0.487 e. The quantitative estimate of drug-likeness (QED) is 0.0695. The third kappa shape index (κ3) is 9.57. The summed E-state index contributed by atoms with van der Waals surface area (Å²) < 4.78 is 28.4. The lowest BCUT2D eigenvalue weighted by atomic mass is 10.0. The van der Waals surface area contributed by atoms with Crippen molar-refractivity contribution >= 4 is 17.9 Å². The van der Waals surface area contributed by atoms with Crippen LogP contribution in [0.5, 0.6) is 17.2 Å². The molecule has 0 aliphatic carbocycles. The Morgan fingerprint density at radius 1 is 0.844 bits per heavy atom. The van der Waals surface area contributed by atoms with E-state index in [0.29, 0.717) is 41.2 Å². The van der Waals surface area contributed by atoms with Crippen LogP contribution in [0.15, 0.2) is 97.6 Å². The molecule has 1 heterocycles. The van der Waals surface area contributed by atoms with E-state index in [0.717, 1.165) is 49.3 Å². The molecular weight excluding hydrogens is 572 g/mol. The predicted molar refractivity (Wildman–Crippen MR) is 171 cm³/mol. The Bertz CT molecular complexity index is 1440. The summed E-state index contributed by atoms with van der Waals surface area (Å²) in [6.07, 6.45) is 5.30. The average molecular weight is 613 g/mol. The van der Waals surface area contributed by atoms with Gasteiger partial charge >= 0.3 is 17.9 Å². The van der Waals surface area contributed by atoms with Crippen molar-refractivity contribution in [1.82, 2.24) is 0 Å². The molecule has 0 aromatic heterocycles. The molecule has 45 heavy (non-hydrogen) atoms. The van der Waals surface area contributed by atoms with Gasteiger partial charge in [-0.3, -0.25) is 0 Å². The molecule has 4 rings (SSSR count). The van der Waals surface area contributed by atoms with Crippen LogP contribution in [0, 0.1) is 0 Å². The van der Waals surface area contributed by atoms with E-state index in [2.05, 4.69) is 27.0 Å². The molecule has 0 amide bonds. The molecule has 0 radical (unpaired) electrons. The van der Waals surface area contributed by atoms with Crippen LogP contribution in [-0.2, 0) is 19.1 Å². The highest BCUT2D eigenvalue weighted by atomic mass is 16.7. The second-order valence-electron chi connectivity index (χ2n) is 10.8. The minimum atomic E-state index is -0.680. The first kappa shape index (κ1) is 33.1. The topological polar surface area (TPSA) is 97.4 Å². The van der Waals surface area contributed by atoms with Crippen molar-refractivity contribution in [1.29, 1.82) is 0 Å². The summed E-state index contributed by atoms with van der Waals surface area (Å²) in [4.78, 5) is 36.3. The summed E-state index contributed by atoms with van der Waals surface area (Å²) in [7, 11) is 0. The molecule has 3 unspecified atom stereocenters. The van der Waals surface area contributed by atoms with Gasteiger partial charge in [-0.2, -0.15) is 0 Å². The van der Waals surface area contributed by atoms with Crippen LogP contribution in [0.3, 0.4) is 0 Å². The van der Waals surface area contributed by atoms with Crippen molar-refractivity contribution in [2.75, 3.05) is 0 Å². The smallest absolute Gasteiger partial charge is 0.343 e. The van der Waals surface area contributed by atoms with Gasteiger partial charge < -0.3 is 23.7 Å². The van der Waals surface area contributed by atoms with Gasteiger partial charge in [0.05, 0.1) is 5.56 Å². The Morgan fingerprint density at radius 2 is 1.40 bits per heavy atom. The molecule has 0 spiro atoms. The lowest BCUT2D eigenvalue weighted by Crippen LogP contribution is -2.31. The van der Waals surface area contributed by atoms with Crippen LogP contribution >= 0.6 is 0 Å². The maximum absolute atomic E-state index is 12.8. The fraction of sp³-hybridized carbons (Fsp3) is 0.324. The van der Waals surface area contributed by atoms with E-state index in [4.69, 9.17) is 23.7 Å². The molecule has 1 fully saturated rings.